The van der Waals surface area contributed by atoms with Crippen molar-refractivity contribution < 1.29 is 9.53 Å². The molecule has 0 aromatic carbocycles. The van der Waals surface area contributed by atoms with Gasteiger partial charge in [-0.2, -0.15) is 0 Å². The Morgan fingerprint density at radius 3 is 2.85 bits per heavy atom. The van der Waals surface area contributed by atoms with Gasteiger partial charge in [0.2, 0.25) is 5.91 Å². The minimum absolute atomic E-state index is 0.0519. The summed E-state index contributed by atoms with van der Waals surface area (Å²) in [5.74, 6) is 0.0519. The topological polar surface area (TPSA) is 68.2 Å². The molecule has 6 heteroatoms. The van der Waals surface area contributed by atoms with E-state index in [1.54, 1.807) is 6.33 Å². The number of imidazole rings is 1. The highest BCUT2D eigenvalue weighted by atomic mass is 16.5. The summed E-state index contributed by atoms with van der Waals surface area (Å²) in [5.41, 5.74) is 0.996. The highest BCUT2D eigenvalue weighted by Crippen LogP contribution is 2.18. The molecule has 1 saturated heterocycles. The number of rotatable bonds is 6. The van der Waals surface area contributed by atoms with Crippen LogP contribution in [0.2, 0.25) is 0 Å². The van der Waals surface area contributed by atoms with Crippen LogP contribution in [0.4, 0.5) is 0 Å². The van der Waals surface area contributed by atoms with Gasteiger partial charge in [-0.3, -0.25) is 4.79 Å². The van der Waals surface area contributed by atoms with Crippen molar-refractivity contribution in [1.82, 2.24) is 20.2 Å². The van der Waals surface area contributed by atoms with E-state index in [0.29, 0.717) is 12.6 Å². The summed E-state index contributed by atoms with van der Waals surface area (Å²) in [6.45, 7) is 2.62. The van der Waals surface area contributed by atoms with E-state index in [9.17, 15) is 4.79 Å². The predicted molar refractivity (Wildman–Crippen MR) is 74.1 cm³/mol. The molecule has 1 aliphatic heterocycles. The first-order chi connectivity index (χ1) is 9.79. The van der Waals surface area contributed by atoms with Crippen molar-refractivity contribution in [3.05, 3.63) is 18.2 Å². The first-order valence-corrected chi connectivity index (χ1v) is 7.41. The molecule has 20 heavy (non-hydrogen) atoms. The molecule has 0 atom stereocenters. The predicted octanol–water partition coefficient (Wildman–Crippen LogP) is 0.430. The lowest BCUT2D eigenvalue weighted by Gasteiger charge is -2.23. The van der Waals surface area contributed by atoms with E-state index in [1.807, 2.05) is 10.8 Å². The average molecular weight is 278 g/mol. The Kier molecular flexibility index (Phi) is 4.32. The van der Waals surface area contributed by atoms with Gasteiger partial charge in [0.15, 0.2) is 0 Å². The third kappa shape index (κ3) is 4.05. The Morgan fingerprint density at radius 1 is 1.30 bits per heavy atom. The fourth-order valence-corrected chi connectivity index (χ4v) is 2.40. The molecule has 0 spiro atoms. The summed E-state index contributed by atoms with van der Waals surface area (Å²) in [5, 5.41) is 6.47. The third-order valence-corrected chi connectivity index (χ3v) is 3.75. The Morgan fingerprint density at radius 2 is 2.10 bits per heavy atom. The normalized spacial score (nSPS) is 20.0. The van der Waals surface area contributed by atoms with E-state index in [0.717, 1.165) is 38.3 Å². The van der Waals surface area contributed by atoms with Crippen LogP contribution >= 0.6 is 0 Å². The minimum atomic E-state index is 0.0519. The van der Waals surface area contributed by atoms with Gasteiger partial charge in [0.05, 0.1) is 12.0 Å². The second kappa shape index (κ2) is 6.37. The van der Waals surface area contributed by atoms with Crippen LogP contribution in [-0.4, -0.2) is 40.8 Å². The molecule has 0 radical (unpaired) electrons. The molecule has 1 aliphatic carbocycles. The van der Waals surface area contributed by atoms with Crippen molar-refractivity contribution in [3.63, 3.8) is 0 Å². The summed E-state index contributed by atoms with van der Waals surface area (Å²) >= 11 is 0. The molecule has 6 nitrogen and oxygen atoms in total. The molecule has 0 bridgehead atoms. The summed E-state index contributed by atoms with van der Waals surface area (Å²) in [4.78, 5) is 16.3. The molecule has 3 rings (SSSR count). The molecular weight excluding hydrogens is 256 g/mol. The van der Waals surface area contributed by atoms with Gasteiger partial charge < -0.3 is 19.9 Å². The molecule has 2 fully saturated rings. The van der Waals surface area contributed by atoms with Gasteiger partial charge in [0.25, 0.3) is 0 Å². The van der Waals surface area contributed by atoms with Crippen LogP contribution in [0.5, 0.6) is 0 Å². The SMILES string of the molecule is O=C(Cn1cnc(CNC2CC2)c1)NC1CCOCC1. The maximum absolute atomic E-state index is 11.9. The molecule has 1 aromatic rings. The van der Waals surface area contributed by atoms with Gasteiger partial charge in [-0.25, -0.2) is 4.98 Å². The number of nitrogens with zero attached hydrogens (tertiary/aromatic N) is 2. The number of hydrogen-bond acceptors (Lipinski definition) is 4. The molecule has 1 amide bonds. The number of carbonyl (C=O) groups excluding carboxylic acids is 1. The zero-order valence-corrected chi connectivity index (χ0v) is 11.7. The number of aromatic nitrogens is 2. The fourth-order valence-electron chi connectivity index (χ4n) is 2.40. The van der Waals surface area contributed by atoms with Crippen LogP contribution in [0.1, 0.15) is 31.4 Å². The Balaban J connectivity index is 1.42. The van der Waals surface area contributed by atoms with E-state index in [2.05, 4.69) is 15.6 Å². The molecule has 1 aromatic heterocycles. The summed E-state index contributed by atoms with van der Waals surface area (Å²) < 4.78 is 7.13. The fraction of sp³-hybridized carbons (Fsp3) is 0.714. The lowest BCUT2D eigenvalue weighted by Crippen LogP contribution is -2.40. The number of amides is 1. The quantitative estimate of drug-likeness (QED) is 0.792. The van der Waals surface area contributed by atoms with E-state index in [1.165, 1.54) is 12.8 Å². The van der Waals surface area contributed by atoms with E-state index in [4.69, 9.17) is 4.74 Å². The highest BCUT2D eigenvalue weighted by Gasteiger charge is 2.20. The Bertz CT molecular complexity index is 450. The lowest BCUT2D eigenvalue weighted by molar-refractivity contribution is -0.122. The van der Waals surface area contributed by atoms with Crippen molar-refractivity contribution >= 4 is 5.91 Å². The van der Waals surface area contributed by atoms with Gasteiger partial charge >= 0.3 is 0 Å². The molecule has 110 valence electrons. The standard InChI is InChI=1S/C14H22N4O2/c19-14(17-12-3-5-20-6-4-12)9-18-8-13(16-10-18)7-15-11-1-2-11/h8,10-12,15H,1-7,9H2,(H,17,19). The van der Waals surface area contributed by atoms with E-state index >= 15 is 0 Å². The second-order valence-electron chi connectivity index (χ2n) is 5.65. The molecule has 1 saturated carbocycles. The summed E-state index contributed by atoms with van der Waals surface area (Å²) in [7, 11) is 0. The van der Waals surface area contributed by atoms with Crippen molar-refractivity contribution in [2.24, 2.45) is 0 Å². The van der Waals surface area contributed by atoms with Crippen molar-refractivity contribution in [2.45, 2.75) is 50.9 Å². The second-order valence-corrected chi connectivity index (χ2v) is 5.65. The van der Waals surface area contributed by atoms with Crippen molar-refractivity contribution in [2.75, 3.05) is 13.2 Å². The Labute approximate surface area is 118 Å². The zero-order valence-electron chi connectivity index (χ0n) is 11.7. The first-order valence-electron chi connectivity index (χ1n) is 7.41. The summed E-state index contributed by atoms with van der Waals surface area (Å²) in [6.07, 6.45) is 8.04. The van der Waals surface area contributed by atoms with Crippen LogP contribution in [0.15, 0.2) is 12.5 Å². The van der Waals surface area contributed by atoms with Gasteiger partial charge in [-0.05, 0) is 25.7 Å². The first kappa shape index (κ1) is 13.6. The average Bonchev–Trinajstić information content (AvgIpc) is 3.18. The van der Waals surface area contributed by atoms with Gasteiger partial charge in [0.1, 0.15) is 6.54 Å². The lowest BCUT2D eigenvalue weighted by atomic mass is 10.1. The zero-order chi connectivity index (χ0) is 13.8. The van der Waals surface area contributed by atoms with Crippen LogP contribution in [0.3, 0.4) is 0 Å². The molecular formula is C14H22N4O2. The Hall–Kier alpha value is -1.40. The monoisotopic (exact) mass is 278 g/mol. The highest BCUT2D eigenvalue weighted by molar-refractivity contribution is 5.76. The maximum atomic E-state index is 11.9. The van der Waals surface area contributed by atoms with Gasteiger partial charge in [-0.15, -0.1) is 0 Å². The van der Waals surface area contributed by atoms with E-state index in [-0.39, 0.29) is 11.9 Å². The third-order valence-electron chi connectivity index (χ3n) is 3.75. The number of hydrogen-bond donors (Lipinski definition) is 2. The molecule has 2 N–H and O–H groups in total. The molecule has 0 unspecified atom stereocenters. The maximum Gasteiger partial charge on any atom is 0.240 e. The van der Waals surface area contributed by atoms with Crippen LogP contribution in [0.25, 0.3) is 0 Å². The van der Waals surface area contributed by atoms with E-state index < -0.39 is 0 Å². The van der Waals surface area contributed by atoms with Gasteiger partial charge in [-0.1, -0.05) is 0 Å². The molecule has 2 heterocycles. The van der Waals surface area contributed by atoms with Crippen molar-refractivity contribution in [3.8, 4) is 0 Å². The van der Waals surface area contributed by atoms with Gasteiger partial charge in [0, 0.05) is 38.0 Å². The number of nitrogens with one attached hydrogen (secondary N) is 2. The molecule has 2 aliphatic rings. The number of carbonyl (C=O) groups is 1. The summed E-state index contributed by atoms with van der Waals surface area (Å²) in [6, 6.07) is 0.938. The van der Waals surface area contributed by atoms with Crippen LogP contribution < -0.4 is 10.6 Å². The number of ether oxygens (including phenoxy) is 1. The van der Waals surface area contributed by atoms with Crippen molar-refractivity contribution in [1.29, 1.82) is 0 Å². The van der Waals surface area contributed by atoms with Crippen LogP contribution in [0, 0.1) is 0 Å². The smallest absolute Gasteiger partial charge is 0.240 e. The van der Waals surface area contributed by atoms with Crippen LogP contribution in [-0.2, 0) is 22.6 Å². The minimum Gasteiger partial charge on any atom is -0.381 e. The largest absolute Gasteiger partial charge is 0.381 e.